The fourth-order valence-electron chi connectivity index (χ4n) is 14.9. The highest BCUT2D eigenvalue weighted by molar-refractivity contribution is 5.76. The molecule has 2 rings (SSSR count). The minimum atomic E-state index is -1.79. The standard InChI is InChI=1S/C87H167NO13/c1-3-5-7-9-11-13-15-17-19-21-23-25-27-29-31-33-35-36-37-38-39-40-41-43-45-47-49-51-53-55-57-59-61-63-65-67-69-71-79(92)88-75(74-98-86-84(97)82(95)85(78(73-90)100-86)101-87-83(96)81(94)80(93)77(72-89)99-87)76(91)70-68-66-64-62-60-58-56-54-52-50-48-46-44-42-34-32-30-28-26-24-22-20-18-16-14-12-10-8-6-4-2/h21,23,68,70,75-78,80-87,89-91,93-97H,3-20,22,24-67,69,71-74H2,1-2H3,(H,88,92)/b23-21-,70-68+. The van der Waals surface area contributed by atoms with Gasteiger partial charge in [0.15, 0.2) is 12.6 Å². The molecule has 0 aromatic heterocycles. The van der Waals surface area contributed by atoms with Gasteiger partial charge in [0.05, 0.1) is 32.0 Å². The molecule has 9 N–H and O–H groups in total. The molecule has 0 spiro atoms. The van der Waals surface area contributed by atoms with Gasteiger partial charge in [-0.1, -0.05) is 404 Å². The number of rotatable bonds is 76. The van der Waals surface area contributed by atoms with Crippen molar-refractivity contribution in [2.45, 2.75) is 505 Å². The maximum absolute atomic E-state index is 13.4. The maximum Gasteiger partial charge on any atom is 0.220 e. The molecular weight excluding hydrogens is 1270 g/mol. The van der Waals surface area contributed by atoms with Crippen molar-refractivity contribution in [1.82, 2.24) is 5.32 Å². The van der Waals surface area contributed by atoms with Gasteiger partial charge in [0.1, 0.15) is 48.8 Å². The third kappa shape index (κ3) is 53.8. The second-order valence-corrected chi connectivity index (χ2v) is 31.4. The molecule has 12 unspecified atom stereocenters. The number of nitrogens with one attached hydrogen (secondary N) is 1. The molecule has 12 atom stereocenters. The van der Waals surface area contributed by atoms with E-state index in [1.165, 1.54) is 366 Å². The fourth-order valence-corrected chi connectivity index (χ4v) is 14.9. The fraction of sp³-hybridized carbons (Fsp3) is 0.943. The van der Waals surface area contributed by atoms with E-state index in [1.807, 2.05) is 6.08 Å². The van der Waals surface area contributed by atoms with Gasteiger partial charge in [-0.25, -0.2) is 0 Å². The second kappa shape index (κ2) is 71.4. The summed E-state index contributed by atoms with van der Waals surface area (Å²) in [4.78, 5) is 13.4. The molecule has 2 heterocycles. The number of hydrogen-bond donors (Lipinski definition) is 9. The molecule has 2 fully saturated rings. The van der Waals surface area contributed by atoms with Gasteiger partial charge in [-0.15, -0.1) is 0 Å². The number of carbonyl (C=O) groups is 1. The first-order valence-electron chi connectivity index (χ1n) is 44.1. The molecule has 0 bridgehead atoms. The van der Waals surface area contributed by atoms with Crippen molar-refractivity contribution in [2.75, 3.05) is 19.8 Å². The molecule has 2 aliphatic rings. The average Bonchev–Trinajstić information content (AvgIpc) is 0.792. The zero-order chi connectivity index (χ0) is 73.0. The zero-order valence-corrected chi connectivity index (χ0v) is 65.9. The lowest BCUT2D eigenvalue weighted by atomic mass is 9.97. The lowest BCUT2D eigenvalue weighted by Gasteiger charge is -2.46. The van der Waals surface area contributed by atoms with Crippen LogP contribution in [0.1, 0.15) is 431 Å². The molecule has 0 aromatic rings. The normalized spacial score (nSPS) is 21.8. The van der Waals surface area contributed by atoms with Crippen LogP contribution < -0.4 is 5.32 Å². The first-order chi connectivity index (χ1) is 49.6. The molecule has 1 amide bonds. The molecule has 0 aromatic carbocycles. The van der Waals surface area contributed by atoms with E-state index in [-0.39, 0.29) is 18.9 Å². The Kier molecular flexibility index (Phi) is 67.5. The molecule has 14 nitrogen and oxygen atoms in total. The Morgan fingerprint density at radius 3 is 0.941 bits per heavy atom. The lowest BCUT2D eigenvalue weighted by Crippen LogP contribution is -2.65. The molecule has 14 heteroatoms. The first kappa shape index (κ1) is 95.5. The SMILES string of the molecule is CCCCCCCCCC/C=C\CCCCCCCCCCCCCCCCCCCCCCCCCCCC(=O)NC(COC1OC(CO)C(OC2OC(CO)C(O)C(O)C2O)C(O)C1O)C(O)/C=C/CCCCCCCCCCCCCCCCCCCCCCCCCCCCCC. The molecular formula is C87H167NO13. The van der Waals surface area contributed by atoms with Gasteiger partial charge in [0, 0.05) is 6.42 Å². The summed E-state index contributed by atoms with van der Waals surface area (Å²) in [6, 6.07) is -0.914. The summed E-state index contributed by atoms with van der Waals surface area (Å²) < 4.78 is 23.0. The highest BCUT2D eigenvalue weighted by atomic mass is 16.7. The number of aliphatic hydroxyl groups is 8. The van der Waals surface area contributed by atoms with Crippen molar-refractivity contribution < 1.29 is 64.6 Å². The average molecular weight is 1440 g/mol. The highest BCUT2D eigenvalue weighted by Crippen LogP contribution is 2.31. The summed E-state index contributed by atoms with van der Waals surface area (Å²) >= 11 is 0. The summed E-state index contributed by atoms with van der Waals surface area (Å²) in [6.45, 7) is 2.88. The van der Waals surface area contributed by atoms with E-state index < -0.39 is 86.8 Å². The molecule has 101 heavy (non-hydrogen) atoms. The first-order valence-corrected chi connectivity index (χ1v) is 44.1. The topological polar surface area (TPSA) is 228 Å². The van der Waals surface area contributed by atoms with Crippen LogP contribution >= 0.6 is 0 Å². The van der Waals surface area contributed by atoms with Crippen molar-refractivity contribution in [3.8, 4) is 0 Å². The maximum atomic E-state index is 13.4. The van der Waals surface area contributed by atoms with E-state index in [0.29, 0.717) is 6.42 Å². The summed E-state index contributed by atoms with van der Waals surface area (Å²) in [5.41, 5.74) is 0. The Morgan fingerprint density at radius 2 is 0.624 bits per heavy atom. The van der Waals surface area contributed by atoms with Crippen LogP contribution in [0.2, 0.25) is 0 Å². The highest BCUT2D eigenvalue weighted by Gasteiger charge is 2.51. The summed E-state index contributed by atoms with van der Waals surface area (Å²) in [6.07, 6.45) is 77.2. The quantitative estimate of drug-likeness (QED) is 0.0204. The number of unbranched alkanes of at least 4 members (excludes halogenated alkanes) is 61. The molecule has 2 aliphatic heterocycles. The Labute approximate surface area is 621 Å². The number of hydrogen-bond acceptors (Lipinski definition) is 13. The Balaban J connectivity index is 1.57. The van der Waals surface area contributed by atoms with Crippen molar-refractivity contribution in [2.24, 2.45) is 0 Å². The Morgan fingerprint density at radius 1 is 0.347 bits per heavy atom. The van der Waals surface area contributed by atoms with Gasteiger partial charge < -0.3 is 65.1 Å². The molecule has 598 valence electrons. The number of amides is 1. The molecule has 0 radical (unpaired) electrons. The van der Waals surface area contributed by atoms with E-state index in [0.717, 1.165) is 38.5 Å². The van der Waals surface area contributed by atoms with E-state index in [9.17, 15) is 45.6 Å². The predicted molar refractivity (Wildman–Crippen MR) is 420 cm³/mol. The van der Waals surface area contributed by atoms with Crippen LogP contribution in [0, 0.1) is 0 Å². The predicted octanol–water partition coefficient (Wildman–Crippen LogP) is 21.0. The number of aliphatic hydroxyl groups excluding tert-OH is 8. The number of allylic oxidation sites excluding steroid dienone is 3. The lowest BCUT2D eigenvalue weighted by molar-refractivity contribution is -0.359. The molecule has 0 saturated carbocycles. The zero-order valence-electron chi connectivity index (χ0n) is 65.9. The van der Waals surface area contributed by atoms with Crippen LogP contribution in [-0.2, 0) is 23.7 Å². The van der Waals surface area contributed by atoms with Gasteiger partial charge >= 0.3 is 0 Å². The van der Waals surface area contributed by atoms with Crippen molar-refractivity contribution in [3.63, 3.8) is 0 Å². The summed E-state index contributed by atoms with van der Waals surface area (Å²) in [7, 11) is 0. The minimum absolute atomic E-state index is 0.228. The number of ether oxygens (including phenoxy) is 4. The Hall–Kier alpha value is -1.53. The van der Waals surface area contributed by atoms with E-state index in [4.69, 9.17) is 18.9 Å². The van der Waals surface area contributed by atoms with Crippen molar-refractivity contribution in [1.29, 1.82) is 0 Å². The van der Waals surface area contributed by atoms with Crippen LogP contribution in [0.4, 0.5) is 0 Å². The Bertz CT molecular complexity index is 1790. The minimum Gasteiger partial charge on any atom is -0.394 e. The van der Waals surface area contributed by atoms with E-state index in [1.54, 1.807) is 6.08 Å². The molecule has 2 saturated heterocycles. The molecule has 0 aliphatic carbocycles. The van der Waals surface area contributed by atoms with Gasteiger partial charge in [-0.05, 0) is 44.9 Å². The summed E-state index contributed by atoms with van der Waals surface area (Å²) in [5, 5.41) is 87.8. The van der Waals surface area contributed by atoms with Gasteiger partial charge in [0.2, 0.25) is 5.91 Å². The van der Waals surface area contributed by atoms with Crippen molar-refractivity contribution >= 4 is 5.91 Å². The van der Waals surface area contributed by atoms with Crippen LogP contribution in [0.15, 0.2) is 24.3 Å². The van der Waals surface area contributed by atoms with Crippen LogP contribution in [0.25, 0.3) is 0 Å². The van der Waals surface area contributed by atoms with Gasteiger partial charge in [0.25, 0.3) is 0 Å². The van der Waals surface area contributed by atoms with Gasteiger partial charge in [-0.3, -0.25) is 4.79 Å². The third-order valence-electron chi connectivity index (χ3n) is 21.9. The summed E-state index contributed by atoms with van der Waals surface area (Å²) in [5.74, 6) is -0.228. The van der Waals surface area contributed by atoms with Crippen LogP contribution in [0.3, 0.4) is 0 Å². The smallest absolute Gasteiger partial charge is 0.220 e. The largest absolute Gasteiger partial charge is 0.394 e. The van der Waals surface area contributed by atoms with Crippen LogP contribution in [-0.4, -0.2) is 140 Å². The third-order valence-corrected chi connectivity index (χ3v) is 21.9. The van der Waals surface area contributed by atoms with E-state index >= 15 is 0 Å². The number of carbonyl (C=O) groups excluding carboxylic acids is 1. The van der Waals surface area contributed by atoms with Crippen LogP contribution in [0.5, 0.6) is 0 Å². The van der Waals surface area contributed by atoms with Gasteiger partial charge in [-0.2, -0.15) is 0 Å². The van der Waals surface area contributed by atoms with E-state index in [2.05, 4.69) is 31.3 Å². The van der Waals surface area contributed by atoms with Crippen molar-refractivity contribution in [3.05, 3.63) is 24.3 Å². The monoisotopic (exact) mass is 1430 g/mol. The second-order valence-electron chi connectivity index (χ2n) is 31.4.